The molecule has 0 atom stereocenters. The van der Waals surface area contributed by atoms with Crippen LogP contribution in [0.1, 0.15) is 37.7 Å². The van der Waals surface area contributed by atoms with E-state index in [-0.39, 0.29) is 24.0 Å². The van der Waals surface area contributed by atoms with Gasteiger partial charge in [-0.05, 0) is 42.4 Å². The summed E-state index contributed by atoms with van der Waals surface area (Å²) in [6.45, 7) is 2.51. The van der Waals surface area contributed by atoms with E-state index in [9.17, 15) is 0 Å². The van der Waals surface area contributed by atoms with Crippen LogP contribution in [0.15, 0.2) is 41.5 Å². The molecule has 0 amide bonds. The fourth-order valence-corrected chi connectivity index (χ4v) is 3.94. The molecule has 2 aromatic rings. The number of aromatic nitrogens is 1. The minimum absolute atomic E-state index is 0. The van der Waals surface area contributed by atoms with Crippen molar-refractivity contribution in [2.75, 3.05) is 27.3 Å². The van der Waals surface area contributed by atoms with Gasteiger partial charge in [0.1, 0.15) is 0 Å². The lowest BCUT2D eigenvalue weighted by atomic mass is 9.83. The fourth-order valence-electron chi connectivity index (χ4n) is 3.94. The number of halogens is 1. The highest BCUT2D eigenvalue weighted by Crippen LogP contribution is 2.40. The maximum Gasteiger partial charge on any atom is 0.191 e. The molecule has 27 heavy (non-hydrogen) atoms. The van der Waals surface area contributed by atoms with Crippen molar-refractivity contribution in [2.24, 2.45) is 10.4 Å². The van der Waals surface area contributed by atoms with Crippen LogP contribution in [0.3, 0.4) is 0 Å². The Morgan fingerprint density at radius 3 is 2.70 bits per heavy atom. The van der Waals surface area contributed by atoms with Crippen molar-refractivity contribution >= 4 is 40.8 Å². The van der Waals surface area contributed by atoms with Crippen LogP contribution in [0.4, 0.5) is 0 Å². The molecule has 1 aliphatic carbocycles. The van der Waals surface area contributed by atoms with E-state index in [1.807, 2.05) is 25.4 Å². The Morgan fingerprint density at radius 2 is 1.96 bits per heavy atom. The summed E-state index contributed by atoms with van der Waals surface area (Å²) in [5, 5.41) is 8.19. The van der Waals surface area contributed by atoms with E-state index in [2.05, 4.69) is 38.8 Å². The molecule has 0 spiro atoms. The lowest BCUT2D eigenvalue weighted by molar-refractivity contribution is 0.138. The summed E-state index contributed by atoms with van der Waals surface area (Å²) in [7, 11) is 3.62. The quantitative estimate of drug-likeness (QED) is 0.354. The molecule has 5 nitrogen and oxygen atoms in total. The Labute approximate surface area is 179 Å². The van der Waals surface area contributed by atoms with Gasteiger partial charge in [0.05, 0.1) is 5.52 Å². The highest BCUT2D eigenvalue weighted by Gasteiger charge is 2.33. The Bertz CT molecular complexity index is 739. The summed E-state index contributed by atoms with van der Waals surface area (Å²) in [4.78, 5) is 8.83. The minimum Gasteiger partial charge on any atom is -0.385 e. The van der Waals surface area contributed by atoms with Gasteiger partial charge in [0.2, 0.25) is 0 Å². The second-order valence-corrected chi connectivity index (χ2v) is 7.22. The van der Waals surface area contributed by atoms with E-state index in [1.165, 1.54) is 36.6 Å². The molecule has 0 radical (unpaired) electrons. The number of nitrogens with one attached hydrogen (secondary N) is 2. The Balaban J connectivity index is 0.00000261. The van der Waals surface area contributed by atoms with Crippen molar-refractivity contribution in [3.63, 3.8) is 0 Å². The lowest BCUT2D eigenvalue weighted by Crippen LogP contribution is -2.43. The summed E-state index contributed by atoms with van der Waals surface area (Å²) in [6, 6.07) is 10.3. The predicted molar refractivity (Wildman–Crippen MR) is 123 cm³/mol. The molecule has 1 aromatic heterocycles. The number of guanidine groups is 1. The first-order chi connectivity index (χ1) is 12.8. The largest absolute Gasteiger partial charge is 0.385 e. The summed E-state index contributed by atoms with van der Waals surface area (Å²) >= 11 is 0. The number of aliphatic imine (C=N–C) groups is 1. The van der Waals surface area contributed by atoms with Crippen LogP contribution in [0.25, 0.3) is 10.9 Å². The number of para-hydroxylation sites is 1. The lowest BCUT2D eigenvalue weighted by Gasteiger charge is -2.30. The van der Waals surface area contributed by atoms with E-state index in [0.29, 0.717) is 5.41 Å². The molecule has 148 valence electrons. The van der Waals surface area contributed by atoms with Crippen molar-refractivity contribution in [1.82, 2.24) is 15.6 Å². The summed E-state index contributed by atoms with van der Waals surface area (Å²) in [6.07, 6.45) is 8.17. The van der Waals surface area contributed by atoms with Gasteiger partial charge in [-0.1, -0.05) is 31.0 Å². The zero-order chi connectivity index (χ0) is 18.2. The van der Waals surface area contributed by atoms with Crippen LogP contribution in [0.5, 0.6) is 0 Å². The van der Waals surface area contributed by atoms with Gasteiger partial charge in [0.25, 0.3) is 0 Å². The molecule has 3 rings (SSSR count). The Kier molecular flexibility index (Phi) is 8.76. The molecule has 0 unspecified atom stereocenters. The summed E-state index contributed by atoms with van der Waals surface area (Å²) < 4.78 is 5.33. The molecule has 1 aromatic carbocycles. The van der Waals surface area contributed by atoms with E-state index < -0.39 is 0 Å². The number of rotatable bonds is 7. The molecule has 1 saturated carbocycles. The van der Waals surface area contributed by atoms with Crippen LogP contribution in [0, 0.1) is 5.41 Å². The third kappa shape index (κ3) is 5.78. The zero-order valence-corrected chi connectivity index (χ0v) is 18.7. The number of ether oxygens (including phenoxy) is 1. The highest BCUT2D eigenvalue weighted by molar-refractivity contribution is 14.0. The van der Waals surface area contributed by atoms with Crippen molar-refractivity contribution in [2.45, 2.75) is 38.6 Å². The Morgan fingerprint density at radius 1 is 1.19 bits per heavy atom. The molecule has 6 heteroatoms. The van der Waals surface area contributed by atoms with Crippen LogP contribution >= 0.6 is 24.0 Å². The average molecular weight is 482 g/mol. The number of benzene rings is 1. The topological polar surface area (TPSA) is 58.5 Å². The molecular weight excluding hydrogens is 451 g/mol. The minimum atomic E-state index is 0. The normalized spacial score (nSPS) is 16.1. The number of hydrogen-bond acceptors (Lipinski definition) is 3. The van der Waals surface area contributed by atoms with Crippen LogP contribution in [-0.2, 0) is 11.3 Å². The average Bonchev–Trinajstić information content (AvgIpc) is 3.16. The predicted octanol–water partition coefficient (Wildman–Crippen LogP) is 4.11. The van der Waals surface area contributed by atoms with E-state index in [4.69, 9.17) is 4.74 Å². The van der Waals surface area contributed by atoms with Gasteiger partial charge >= 0.3 is 0 Å². The van der Waals surface area contributed by atoms with Crippen molar-refractivity contribution in [1.29, 1.82) is 0 Å². The number of hydrogen-bond donors (Lipinski definition) is 2. The van der Waals surface area contributed by atoms with Gasteiger partial charge in [-0.2, -0.15) is 0 Å². The SMILES string of the molecule is CN=C(NCc1ccnc2ccccc12)NCC1(CCOC)CCCC1.I. The first-order valence-electron chi connectivity index (χ1n) is 9.52. The highest BCUT2D eigenvalue weighted by atomic mass is 127. The molecular formula is C21H31IN4O. The van der Waals surface area contributed by atoms with E-state index >= 15 is 0 Å². The van der Waals surface area contributed by atoms with Crippen LogP contribution in [-0.4, -0.2) is 38.3 Å². The number of methoxy groups -OCH3 is 1. The number of nitrogens with zero attached hydrogens (tertiary/aromatic N) is 2. The maximum atomic E-state index is 5.33. The van der Waals surface area contributed by atoms with Crippen molar-refractivity contribution in [3.8, 4) is 0 Å². The van der Waals surface area contributed by atoms with Gasteiger partial charge in [0, 0.05) is 45.4 Å². The van der Waals surface area contributed by atoms with Gasteiger partial charge in [-0.3, -0.25) is 9.98 Å². The third-order valence-corrected chi connectivity index (χ3v) is 5.54. The van der Waals surface area contributed by atoms with E-state index in [1.54, 1.807) is 7.11 Å². The van der Waals surface area contributed by atoms with E-state index in [0.717, 1.165) is 37.6 Å². The van der Waals surface area contributed by atoms with Crippen molar-refractivity contribution in [3.05, 3.63) is 42.1 Å². The van der Waals surface area contributed by atoms with Crippen LogP contribution < -0.4 is 10.6 Å². The second kappa shape index (κ2) is 10.8. The number of pyridine rings is 1. The maximum absolute atomic E-state index is 5.33. The fraction of sp³-hybridized carbons (Fsp3) is 0.524. The second-order valence-electron chi connectivity index (χ2n) is 7.22. The number of fused-ring (bicyclic) bond motifs is 1. The first kappa shape index (κ1) is 21.9. The molecule has 2 N–H and O–H groups in total. The first-order valence-corrected chi connectivity index (χ1v) is 9.52. The molecule has 0 bridgehead atoms. The molecule has 0 saturated heterocycles. The van der Waals surface area contributed by atoms with Gasteiger partial charge in [-0.15, -0.1) is 24.0 Å². The van der Waals surface area contributed by atoms with Crippen LogP contribution in [0.2, 0.25) is 0 Å². The molecule has 1 heterocycles. The molecule has 0 aliphatic heterocycles. The van der Waals surface area contributed by atoms with Gasteiger partial charge in [0.15, 0.2) is 5.96 Å². The standard InChI is InChI=1S/C21H30N4O.HI/c1-22-20(25-16-21(12-14-26-2)10-5-6-11-21)24-15-17-9-13-23-19-8-4-3-7-18(17)19;/h3-4,7-9,13H,5-6,10-12,14-16H2,1-2H3,(H2,22,24,25);1H. The van der Waals surface area contributed by atoms with Crippen molar-refractivity contribution < 1.29 is 4.74 Å². The third-order valence-electron chi connectivity index (χ3n) is 5.54. The van der Waals surface area contributed by atoms with Gasteiger partial charge < -0.3 is 15.4 Å². The zero-order valence-electron chi connectivity index (χ0n) is 16.3. The summed E-state index contributed by atoms with van der Waals surface area (Å²) in [5.74, 6) is 0.856. The smallest absolute Gasteiger partial charge is 0.191 e. The van der Waals surface area contributed by atoms with Gasteiger partial charge in [-0.25, -0.2) is 0 Å². The summed E-state index contributed by atoms with van der Waals surface area (Å²) in [5.41, 5.74) is 2.60. The Hall–Kier alpha value is -1.41. The molecule has 1 aliphatic rings. The monoisotopic (exact) mass is 482 g/mol. The molecule has 1 fully saturated rings.